The van der Waals surface area contributed by atoms with Gasteiger partial charge >= 0.3 is 5.97 Å². The van der Waals surface area contributed by atoms with Gasteiger partial charge in [-0.3, -0.25) is 9.59 Å². The van der Waals surface area contributed by atoms with Crippen LogP contribution in [0.5, 0.6) is 0 Å². The van der Waals surface area contributed by atoms with Gasteiger partial charge in [0.1, 0.15) is 11.5 Å². The summed E-state index contributed by atoms with van der Waals surface area (Å²) < 4.78 is 10.7. The summed E-state index contributed by atoms with van der Waals surface area (Å²) in [4.78, 5) is 23.3. The predicted molar refractivity (Wildman–Crippen MR) is 65.4 cm³/mol. The van der Waals surface area contributed by atoms with E-state index in [2.05, 4.69) is 5.32 Å². The first kappa shape index (κ1) is 14.2. The zero-order chi connectivity index (χ0) is 14.0. The van der Waals surface area contributed by atoms with E-state index in [-0.39, 0.29) is 25.2 Å². The molecule has 108 valence electrons. The Morgan fingerprint density at radius 2 is 2.21 bits per heavy atom. The Morgan fingerprint density at radius 3 is 2.79 bits per heavy atom. The summed E-state index contributed by atoms with van der Waals surface area (Å²) in [5.41, 5.74) is 4.41. The Morgan fingerprint density at radius 1 is 1.47 bits per heavy atom. The lowest BCUT2D eigenvalue weighted by atomic mass is 9.85. The number of rotatable bonds is 4. The van der Waals surface area contributed by atoms with Crippen LogP contribution in [0.4, 0.5) is 0 Å². The second kappa shape index (κ2) is 5.44. The van der Waals surface area contributed by atoms with Gasteiger partial charge in [0.25, 0.3) is 0 Å². The van der Waals surface area contributed by atoms with E-state index in [0.29, 0.717) is 13.0 Å². The maximum atomic E-state index is 12.0. The second-order valence-corrected chi connectivity index (χ2v) is 5.36. The fourth-order valence-electron chi connectivity index (χ4n) is 2.42. The Labute approximate surface area is 111 Å². The topological polar surface area (TPSA) is 111 Å². The van der Waals surface area contributed by atoms with Gasteiger partial charge in [-0.15, -0.1) is 0 Å². The Kier molecular flexibility index (Phi) is 4.07. The molecule has 2 saturated heterocycles. The number of aliphatic carboxylic acids is 1. The van der Waals surface area contributed by atoms with E-state index in [1.54, 1.807) is 6.92 Å². The van der Waals surface area contributed by atoms with Crippen molar-refractivity contribution in [2.45, 2.75) is 38.0 Å². The number of nitrogens with two attached hydrogens (primary N) is 1. The molecule has 4 N–H and O–H groups in total. The van der Waals surface area contributed by atoms with E-state index < -0.39 is 23.5 Å². The van der Waals surface area contributed by atoms with Crippen molar-refractivity contribution in [2.75, 3.05) is 19.8 Å². The van der Waals surface area contributed by atoms with E-state index in [1.165, 1.54) is 0 Å². The molecule has 7 heteroatoms. The number of amides is 1. The molecule has 2 rings (SSSR count). The third-order valence-electron chi connectivity index (χ3n) is 3.92. The molecule has 0 radical (unpaired) electrons. The molecule has 0 aromatic heterocycles. The van der Waals surface area contributed by atoms with Crippen LogP contribution in [0, 0.1) is 5.41 Å². The standard InChI is InChI=1S/C12H20N2O5/c1-12(11(16)17)6-18-5-9(12)14-10(15)8-3-2-7(4-13)19-8/h7-9H,2-6,13H2,1H3,(H,14,15)(H,16,17). The maximum absolute atomic E-state index is 12.0. The first-order chi connectivity index (χ1) is 8.97. The molecule has 2 heterocycles. The summed E-state index contributed by atoms with van der Waals surface area (Å²) in [5.74, 6) is -1.25. The van der Waals surface area contributed by atoms with Crippen LogP contribution in [0.2, 0.25) is 0 Å². The van der Waals surface area contributed by atoms with Crippen LogP contribution in [0.25, 0.3) is 0 Å². The van der Waals surface area contributed by atoms with Crippen LogP contribution in [0.3, 0.4) is 0 Å². The Bertz CT molecular complexity index is 375. The number of carboxylic acid groups (broad SMARTS) is 1. The van der Waals surface area contributed by atoms with Crippen LogP contribution < -0.4 is 11.1 Å². The number of carbonyl (C=O) groups is 2. The summed E-state index contributed by atoms with van der Waals surface area (Å²) in [6.45, 7) is 2.28. The lowest BCUT2D eigenvalue weighted by Gasteiger charge is -2.26. The zero-order valence-electron chi connectivity index (χ0n) is 10.9. The third-order valence-corrected chi connectivity index (χ3v) is 3.92. The summed E-state index contributed by atoms with van der Waals surface area (Å²) in [5, 5.41) is 11.9. The van der Waals surface area contributed by atoms with Crippen molar-refractivity contribution in [1.29, 1.82) is 0 Å². The molecule has 0 bridgehead atoms. The second-order valence-electron chi connectivity index (χ2n) is 5.36. The van der Waals surface area contributed by atoms with Crippen molar-refractivity contribution in [3.05, 3.63) is 0 Å². The van der Waals surface area contributed by atoms with E-state index in [1.807, 2.05) is 0 Å². The first-order valence-electron chi connectivity index (χ1n) is 6.44. The highest BCUT2D eigenvalue weighted by molar-refractivity contribution is 5.83. The van der Waals surface area contributed by atoms with Gasteiger partial charge in [0, 0.05) is 6.54 Å². The first-order valence-corrected chi connectivity index (χ1v) is 6.44. The van der Waals surface area contributed by atoms with Gasteiger partial charge in [0.15, 0.2) is 0 Å². The molecule has 0 aliphatic carbocycles. The Balaban J connectivity index is 1.94. The number of carbonyl (C=O) groups excluding carboxylic acids is 1. The molecule has 2 aliphatic heterocycles. The highest BCUT2D eigenvalue weighted by Gasteiger charge is 2.48. The van der Waals surface area contributed by atoms with Gasteiger partial charge in [-0.05, 0) is 19.8 Å². The quantitative estimate of drug-likeness (QED) is 0.611. The van der Waals surface area contributed by atoms with E-state index >= 15 is 0 Å². The van der Waals surface area contributed by atoms with Gasteiger partial charge in [-0.2, -0.15) is 0 Å². The monoisotopic (exact) mass is 272 g/mol. The van der Waals surface area contributed by atoms with Crippen molar-refractivity contribution in [3.63, 3.8) is 0 Å². The number of hydrogen-bond donors (Lipinski definition) is 3. The van der Waals surface area contributed by atoms with Crippen molar-refractivity contribution < 1.29 is 24.2 Å². The summed E-state index contributed by atoms with van der Waals surface area (Å²) in [6.07, 6.45) is 0.755. The summed E-state index contributed by atoms with van der Waals surface area (Å²) in [7, 11) is 0. The number of hydrogen-bond acceptors (Lipinski definition) is 5. The van der Waals surface area contributed by atoms with Crippen LogP contribution in [-0.4, -0.2) is 55.0 Å². The molecule has 0 aromatic carbocycles. The number of ether oxygens (including phenoxy) is 2. The molecule has 19 heavy (non-hydrogen) atoms. The molecule has 4 atom stereocenters. The predicted octanol–water partition coefficient (Wildman–Crippen LogP) is -0.901. The Hall–Kier alpha value is -1.18. The molecule has 0 aromatic rings. The number of carboxylic acids is 1. The molecule has 1 amide bonds. The SMILES string of the molecule is CC1(C(=O)O)COCC1NC(=O)C1CCC(CN)O1. The molecule has 0 spiro atoms. The average molecular weight is 272 g/mol. The van der Waals surface area contributed by atoms with Crippen molar-refractivity contribution in [1.82, 2.24) is 5.32 Å². The zero-order valence-corrected chi connectivity index (χ0v) is 10.9. The van der Waals surface area contributed by atoms with Crippen LogP contribution in [-0.2, 0) is 19.1 Å². The van der Waals surface area contributed by atoms with Crippen LogP contribution >= 0.6 is 0 Å². The van der Waals surface area contributed by atoms with Crippen molar-refractivity contribution in [2.24, 2.45) is 11.1 Å². The lowest BCUT2D eigenvalue weighted by molar-refractivity contribution is -0.149. The fraction of sp³-hybridized carbons (Fsp3) is 0.833. The van der Waals surface area contributed by atoms with Gasteiger partial charge < -0.3 is 25.6 Å². The third kappa shape index (κ3) is 2.72. The van der Waals surface area contributed by atoms with Gasteiger partial charge in [-0.25, -0.2) is 0 Å². The molecule has 7 nitrogen and oxygen atoms in total. The van der Waals surface area contributed by atoms with E-state index in [4.69, 9.17) is 15.2 Å². The highest BCUT2D eigenvalue weighted by atomic mass is 16.5. The minimum absolute atomic E-state index is 0.0820. The van der Waals surface area contributed by atoms with E-state index in [9.17, 15) is 14.7 Å². The van der Waals surface area contributed by atoms with Gasteiger partial charge in [0.05, 0.1) is 25.4 Å². The molecule has 2 fully saturated rings. The normalized spacial score (nSPS) is 38.3. The smallest absolute Gasteiger partial charge is 0.313 e. The molecular formula is C12H20N2O5. The average Bonchev–Trinajstić information content (AvgIpc) is 2.97. The van der Waals surface area contributed by atoms with Crippen LogP contribution in [0.1, 0.15) is 19.8 Å². The van der Waals surface area contributed by atoms with Gasteiger partial charge in [-0.1, -0.05) is 0 Å². The fourth-order valence-corrected chi connectivity index (χ4v) is 2.42. The molecule has 2 aliphatic rings. The van der Waals surface area contributed by atoms with Crippen molar-refractivity contribution in [3.8, 4) is 0 Å². The summed E-state index contributed by atoms with van der Waals surface area (Å²) >= 11 is 0. The van der Waals surface area contributed by atoms with Crippen molar-refractivity contribution >= 4 is 11.9 Å². The van der Waals surface area contributed by atoms with E-state index in [0.717, 1.165) is 6.42 Å². The van der Waals surface area contributed by atoms with Gasteiger partial charge in [0.2, 0.25) is 5.91 Å². The minimum Gasteiger partial charge on any atom is -0.481 e. The number of nitrogens with one attached hydrogen (secondary N) is 1. The summed E-state index contributed by atoms with van der Waals surface area (Å²) in [6, 6.07) is -0.530. The minimum atomic E-state index is -1.08. The van der Waals surface area contributed by atoms with Crippen LogP contribution in [0.15, 0.2) is 0 Å². The molecular weight excluding hydrogens is 252 g/mol. The molecule has 0 saturated carbocycles. The maximum Gasteiger partial charge on any atom is 0.313 e. The highest BCUT2D eigenvalue weighted by Crippen LogP contribution is 2.29. The molecule has 4 unspecified atom stereocenters. The largest absolute Gasteiger partial charge is 0.481 e. The lowest BCUT2D eigenvalue weighted by Crippen LogP contribution is -2.52.